The van der Waals surface area contributed by atoms with Gasteiger partial charge in [0.2, 0.25) is 0 Å². The zero-order valence-corrected chi connectivity index (χ0v) is 14.5. The fraction of sp³-hybridized carbons (Fsp3) is 0.632. The normalized spacial score (nSPS) is 12.5. The van der Waals surface area contributed by atoms with E-state index in [1.54, 1.807) is 0 Å². The van der Waals surface area contributed by atoms with Crippen LogP contribution in [0.3, 0.4) is 0 Å². The number of benzene rings is 1. The largest absolute Gasteiger partial charge is 0.331 e. The van der Waals surface area contributed by atoms with E-state index in [0.29, 0.717) is 5.92 Å². The molecule has 0 N–H and O–H groups in total. The van der Waals surface area contributed by atoms with E-state index in [0.717, 1.165) is 11.3 Å². The zero-order chi connectivity index (χ0) is 15.6. The minimum absolute atomic E-state index is 0.0835. The maximum Gasteiger partial charge on any atom is 0.115 e. The van der Waals surface area contributed by atoms with Crippen molar-refractivity contribution in [3.8, 4) is 0 Å². The Labute approximate surface area is 129 Å². The number of aryl methyl sites for hydroxylation is 1. The lowest BCUT2D eigenvalue weighted by Gasteiger charge is -2.17. The van der Waals surface area contributed by atoms with Gasteiger partial charge in [-0.05, 0) is 36.5 Å². The van der Waals surface area contributed by atoms with Gasteiger partial charge < -0.3 is 4.57 Å². The smallest absolute Gasteiger partial charge is 0.115 e. The third-order valence-corrected chi connectivity index (χ3v) is 4.32. The highest BCUT2D eigenvalue weighted by Gasteiger charge is 2.21. The lowest BCUT2D eigenvalue weighted by Crippen LogP contribution is -2.17. The first kappa shape index (κ1) is 16.1. The maximum atomic E-state index is 4.91. The Bertz CT molecular complexity index is 596. The van der Waals surface area contributed by atoms with Gasteiger partial charge >= 0.3 is 0 Å². The summed E-state index contributed by atoms with van der Waals surface area (Å²) in [7, 11) is 2.13. The Morgan fingerprint density at radius 3 is 2.24 bits per heavy atom. The van der Waals surface area contributed by atoms with E-state index >= 15 is 0 Å². The van der Waals surface area contributed by atoms with Gasteiger partial charge in [-0.25, -0.2) is 4.98 Å². The van der Waals surface area contributed by atoms with Crippen molar-refractivity contribution in [1.82, 2.24) is 9.55 Å². The topological polar surface area (TPSA) is 17.8 Å². The summed E-state index contributed by atoms with van der Waals surface area (Å²) in [5, 5.41) is 0. The highest BCUT2D eigenvalue weighted by atomic mass is 15.1. The molecule has 0 radical (unpaired) electrons. The number of fused-ring (bicyclic) bond motifs is 1. The van der Waals surface area contributed by atoms with Gasteiger partial charge in [0.05, 0.1) is 11.0 Å². The molecule has 0 fully saturated rings. The van der Waals surface area contributed by atoms with Crippen molar-refractivity contribution >= 4 is 11.0 Å². The Morgan fingerprint density at radius 1 is 1.10 bits per heavy atom. The van der Waals surface area contributed by atoms with E-state index in [9.17, 15) is 0 Å². The highest BCUT2D eigenvalue weighted by Crippen LogP contribution is 2.31. The van der Waals surface area contributed by atoms with Crippen LogP contribution in [0, 0.1) is 0 Å². The molecule has 2 aromatic rings. The molecule has 0 aliphatic rings. The molecule has 0 saturated carbocycles. The van der Waals surface area contributed by atoms with Crippen LogP contribution >= 0.6 is 0 Å². The molecule has 1 aromatic heterocycles. The highest BCUT2D eigenvalue weighted by molar-refractivity contribution is 5.77. The molecule has 1 aromatic carbocycles. The predicted molar refractivity (Wildman–Crippen MR) is 92.0 cm³/mol. The summed E-state index contributed by atoms with van der Waals surface area (Å²) in [5.74, 6) is 1.85. The van der Waals surface area contributed by atoms with E-state index in [4.69, 9.17) is 4.98 Å². The Hall–Kier alpha value is -1.31. The van der Waals surface area contributed by atoms with Crippen molar-refractivity contribution in [3.63, 3.8) is 0 Å². The second-order valence-electron chi connectivity index (χ2n) is 7.27. The molecule has 0 aliphatic heterocycles. The van der Waals surface area contributed by atoms with Crippen LogP contribution < -0.4 is 0 Å². The Morgan fingerprint density at radius 2 is 1.71 bits per heavy atom. The molecule has 2 rings (SSSR count). The molecule has 21 heavy (non-hydrogen) atoms. The summed E-state index contributed by atoms with van der Waals surface area (Å²) in [6.07, 6.45) is 5.05. The quantitative estimate of drug-likeness (QED) is 0.704. The summed E-state index contributed by atoms with van der Waals surface area (Å²) in [6, 6.07) is 6.89. The summed E-state index contributed by atoms with van der Waals surface area (Å²) < 4.78 is 2.24. The second-order valence-corrected chi connectivity index (χ2v) is 7.27. The van der Waals surface area contributed by atoms with Crippen molar-refractivity contribution < 1.29 is 0 Å². The Kier molecular flexibility index (Phi) is 4.75. The minimum Gasteiger partial charge on any atom is -0.331 e. The summed E-state index contributed by atoms with van der Waals surface area (Å²) >= 11 is 0. The molecular formula is C19H30N2. The van der Waals surface area contributed by atoms with Gasteiger partial charge in [-0.1, -0.05) is 53.5 Å². The van der Waals surface area contributed by atoms with Crippen molar-refractivity contribution in [2.24, 2.45) is 7.05 Å². The van der Waals surface area contributed by atoms with Crippen LogP contribution in [0.4, 0.5) is 0 Å². The molecule has 2 heteroatoms. The molecule has 0 saturated heterocycles. The number of hydrogen-bond acceptors (Lipinski definition) is 1. The number of hydrogen-bond donors (Lipinski definition) is 0. The third kappa shape index (κ3) is 3.30. The summed E-state index contributed by atoms with van der Waals surface area (Å²) in [6.45, 7) is 11.2. The Balaban J connectivity index is 2.46. The molecule has 116 valence electrons. The van der Waals surface area contributed by atoms with Gasteiger partial charge in [0.15, 0.2) is 0 Å². The van der Waals surface area contributed by atoms with Gasteiger partial charge in [0.25, 0.3) is 0 Å². The van der Waals surface area contributed by atoms with Crippen LogP contribution in [0.15, 0.2) is 18.2 Å². The lowest BCUT2D eigenvalue weighted by atomic mass is 9.90. The van der Waals surface area contributed by atoms with Gasteiger partial charge in [0, 0.05) is 12.5 Å². The van der Waals surface area contributed by atoms with E-state index in [1.165, 1.54) is 36.8 Å². The van der Waals surface area contributed by atoms with Crippen LogP contribution in [0.1, 0.15) is 77.6 Å². The fourth-order valence-electron chi connectivity index (χ4n) is 3.32. The van der Waals surface area contributed by atoms with Crippen LogP contribution in [-0.2, 0) is 12.5 Å². The van der Waals surface area contributed by atoms with E-state index in [-0.39, 0.29) is 5.41 Å². The molecular weight excluding hydrogens is 256 g/mol. The average Bonchev–Trinajstić information content (AvgIpc) is 2.75. The predicted octanol–water partition coefficient (Wildman–Crippen LogP) is 5.55. The third-order valence-electron chi connectivity index (χ3n) is 4.32. The number of rotatable bonds is 5. The zero-order valence-electron chi connectivity index (χ0n) is 14.5. The van der Waals surface area contributed by atoms with Gasteiger partial charge in [-0.15, -0.1) is 0 Å². The van der Waals surface area contributed by atoms with Crippen LogP contribution in [0.5, 0.6) is 0 Å². The molecule has 0 spiro atoms. The summed E-state index contributed by atoms with van der Waals surface area (Å²) in [5.41, 5.74) is 3.94. The van der Waals surface area contributed by atoms with Crippen LogP contribution in [0.2, 0.25) is 0 Å². The lowest BCUT2D eigenvalue weighted by molar-refractivity contribution is 0.526. The SMILES string of the molecule is CCCC(CCC)c1ccc2c(c1)nc(C(C)(C)C)n2C. The number of imidazole rings is 1. The first-order valence-electron chi connectivity index (χ1n) is 8.35. The van der Waals surface area contributed by atoms with Crippen molar-refractivity contribution in [2.75, 3.05) is 0 Å². The van der Waals surface area contributed by atoms with Crippen molar-refractivity contribution in [2.45, 2.75) is 71.6 Å². The first-order chi connectivity index (χ1) is 9.88. The molecule has 0 atom stereocenters. The van der Waals surface area contributed by atoms with E-state index in [1.807, 2.05) is 0 Å². The monoisotopic (exact) mass is 286 g/mol. The molecule has 0 aliphatic carbocycles. The molecule has 1 heterocycles. The van der Waals surface area contributed by atoms with Crippen LogP contribution in [-0.4, -0.2) is 9.55 Å². The second kappa shape index (κ2) is 6.21. The van der Waals surface area contributed by atoms with Crippen molar-refractivity contribution in [3.05, 3.63) is 29.6 Å². The maximum absolute atomic E-state index is 4.91. The molecule has 0 bridgehead atoms. The fourth-order valence-corrected chi connectivity index (χ4v) is 3.32. The summed E-state index contributed by atoms with van der Waals surface area (Å²) in [4.78, 5) is 4.91. The minimum atomic E-state index is 0.0835. The van der Waals surface area contributed by atoms with Gasteiger partial charge in [-0.2, -0.15) is 0 Å². The first-order valence-corrected chi connectivity index (χ1v) is 8.35. The number of aromatic nitrogens is 2. The molecule has 0 amide bonds. The molecule has 2 nitrogen and oxygen atoms in total. The van der Waals surface area contributed by atoms with Crippen molar-refractivity contribution in [1.29, 1.82) is 0 Å². The van der Waals surface area contributed by atoms with Gasteiger partial charge in [0.1, 0.15) is 5.82 Å². The standard InChI is InChI=1S/C19H30N2/c1-7-9-14(10-8-2)15-11-12-17-16(13-15)20-18(21(17)6)19(3,4)5/h11-14H,7-10H2,1-6H3. The van der Waals surface area contributed by atoms with E-state index < -0.39 is 0 Å². The molecule has 0 unspecified atom stereocenters. The van der Waals surface area contributed by atoms with Gasteiger partial charge in [-0.3, -0.25) is 0 Å². The van der Waals surface area contributed by atoms with Crippen LogP contribution in [0.25, 0.3) is 11.0 Å². The number of nitrogens with zero attached hydrogens (tertiary/aromatic N) is 2. The average molecular weight is 286 g/mol. The van der Waals surface area contributed by atoms with E-state index in [2.05, 4.69) is 64.4 Å².